The lowest BCUT2D eigenvalue weighted by Crippen LogP contribution is -2.22. The first-order valence-corrected chi connectivity index (χ1v) is 8.66. The van der Waals surface area contributed by atoms with Crippen LogP contribution in [-0.4, -0.2) is 29.4 Å². The van der Waals surface area contributed by atoms with E-state index in [1.807, 2.05) is 13.8 Å². The van der Waals surface area contributed by atoms with Crippen molar-refractivity contribution in [3.63, 3.8) is 0 Å². The van der Waals surface area contributed by atoms with Crippen LogP contribution in [0, 0.1) is 6.92 Å². The molecular formula is C20H21F3N2O3. The fourth-order valence-corrected chi connectivity index (χ4v) is 2.51. The summed E-state index contributed by atoms with van der Waals surface area (Å²) >= 11 is 0. The van der Waals surface area contributed by atoms with Crippen molar-refractivity contribution in [2.45, 2.75) is 26.9 Å². The van der Waals surface area contributed by atoms with Gasteiger partial charge in [-0.25, -0.2) is 0 Å². The van der Waals surface area contributed by atoms with Gasteiger partial charge in [0.25, 0.3) is 5.56 Å². The van der Waals surface area contributed by atoms with Crippen LogP contribution in [0.25, 0.3) is 16.7 Å². The Labute approximate surface area is 160 Å². The third-order valence-corrected chi connectivity index (χ3v) is 3.72. The molecule has 0 aliphatic heterocycles. The number of aromatic nitrogens is 2. The van der Waals surface area contributed by atoms with E-state index in [1.165, 1.54) is 17.7 Å². The zero-order valence-corrected chi connectivity index (χ0v) is 16.0. The van der Waals surface area contributed by atoms with Crippen LogP contribution in [0.3, 0.4) is 0 Å². The van der Waals surface area contributed by atoms with Crippen LogP contribution in [0.2, 0.25) is 0 Å². The van der Waals surface area contributed by atoms with Crippen molar-refractivity contribution in [3.05, 3.63) is 58.4 Å². The van der Waals surface area contributed by atoms with Crippen molar-refractivity contribution in [1.29, 1.82) is 0 Å². The second-order valence-electron chi connectivity index (χ2n) is 5.63. The minimum absolute atomic E-state index is 0.208. The van der Waals surface area contributed by atoms with Gasteiger partial charge in [0.15, 0.2) is 12.3 Å². The molecule has 0 saturated carbocycles. The van der Waals surface area contributed by atoms with E-state index in [2.05, 4.69) is 4.98 Å². The molecule has 0 aliphatic carbocycles. The van der Waals surface area contributed by atoms with Gasteiger partial charge in [0, 0.05) is 17.0 Å². The quantitative estimate of drug-likeness (QED) is 0.645. The highest BCUT2D eigenvalue weighted by Crippen LogP contribution is 2.22. The van der Waals surface area contributed by atoms with Gasteiger partial charge in [-0.3, -0.25) is 9.36 Å². The molecule has 0 atom stereocenters. The summed E-state index contributed by atoms with van der Waals surface area (Å²) in [7, 11) is 1.52. The number of hydrogen-bond donors (Lipinski definition) is 0. The maximum absolute atomic E-state index is 12.6. The van der Waals surface area contributed by atoms with E-state index in [9.17, 15) is 18.0 Å². The van der Waals surface area contributed by atoms with E-state index in [-0.39, 0.29) is 17.1 Å². The average molecular weight is 394 g/mol. The lowest BCUT2D eigenvalue weighted by atomic mass is 10.2. The van der Waals surface area contributed by atoms with E-state index in [4.69, 9.17) is 9.47 Å². The SMILES string of the molecule is CC.COc1ccc(-n2c(=O)c(C)cc3ccc(OCC(F)(F)F)nc32)cc1. The highest BCUT2D eigenvalue weighted by Gasteiger charge is 2.28. The molecule has 0 unspecified atom stereocenters. The highest BCUT2D eigenvalue weighted by molar-refractivity contribution is 5.78. The number of benzene rings is 1. The third-order valence-electron chi connectivity index (χ3n) is 3.72. The molecular weight excluding hydrogens is 373 g/mol. The normalized spacial score (nSPS) is 11.0. The number of fused-ring (bicyclic) bond motifs is 1. The fraction of sp³-hybridized carbons (Fsp3) is 0.300. The number of nitrogens with zero attached hydrogens (tertiary/aromatic N) is 2. The molecule has 1 aromatic carbocycles. The zero-order valence-electron chi connectivity index (χ0n) is 16.0. The summed E-state index contributed by atoms with van der Waals surface area (Å²) in [4.78, 5) is 16.7. The molecule has 0 N–H and O–H groups in total. The van der Waals surface area contributed by atoms with E-state index in [0.717, 1.165) is 0 Å². The van der Waals surface area contributed by atoms with Crippen LogP contribution in [0.1, 0.15) is 19.4 Å². The van der Waals surface area contributed by atoms with Gasteiger partial charge in [0.1, 0.15) is 5.75 Å². The number of pyridine rings is 2. The maximum atomic E-state index is 12.6. The molecule has 0 radical (unpaired) electrons. The number of halogens is 3. The molecule has 0 bridgehead atoms. The van der Waals surface area contributed by atoms with Crippen molar-refractivity contribution in [2.75, 3.05) is 13.7 Å². The topological polar surface area (TPSA) is 53.4 Å². The summed E-state index contributed by atoms with van der Waals surface area (Å²) in [6, 6.07) is 11.3. The number of ether oxygens (including phenoxy) is 2. The zero-order chi connectivity index (χ0) is 20.9. The Morgan fingerprint density at radius 1 is 1.07 bits per heavy atom. The van der Waals surface area contributed by atoms with E-state index in [0.29, 0.717) is 22.4 Å². The summed E-state index contributed by atoms with van der Waals surface area (Å²) in [5.41, 5.74) is 0.901. The molecule has 0 amide bonds. The summed E-state index contributed by atoms with van der Waals surface area (Å²) in [5, 5.41) is 0.609. The minimum atomic E-state index is -4.47. The van der Waals surface area contributed by atoms with Gasteiger partial charge in [-0.15, -0.1) is 0 Å². The summed E-state index contributed by atoms with van der Waals surface area (Å²) in [6.45, 7) is 4.21. The first-order valence-electron chi connectivity index (χ1n) is 8.66. The van der Waals surface area contributed by atoms with Gasteiger partial charge in [-0.1, -0.05) is 13.8 Å². The first kappa shape index (κ1) is 21.3. The standard InChI is InChI=1S/C18H15F3N2O3.C2H6/c1-11-9-12-3-8-15(26-10-18(19,20)21)22-16(12)23(17(11)24)13-4-6-14(25-2)7-5-13;1-2/h3-9H,10H2,1-2H3;1-2H3. The van der Waals surface area contributed by atoms with Crippen molar-refractivity contribution in [1.82, 2.24) is 9.55 Å². The molecule has 0 spiro atoms. The van der Waals surface area contributed by atoms with Crippen LogP contribution in [0.5, 0.6) is 11.6 Å². The van der Waals surface area contributed by atoms with Crippen LogP contribution in [0.15, 0.2) is 47.3 Å². The lowest BCUT2D eigenvalue weighted by molar-refractivity contribution is -0.154. The maximum Gasteiger partial charge on any atom is 0.422 e. The molecule has 8 heteroatoms. The largest absolute Gasteiger partial charge is 0.497 e. The Hall–Kier alpha value is -3.03. The molecule has 0 saturated heterocycles. The Bertz CT molecular complexity index is 996. The van der Waals surface area contributed by atoms with E-state index < -0.39 is 12.8 Å². The van der Waals surface area contributed by atoms with Crippen molar-refractivity contribution in [3.8, 4) is 17.3 Å². The van der Waals surface area contributed by atoms with Crippen molar-refractivity contribution >= 4 is 11.0 Å². The average Bonchev–Trinajstić information content (AvgIpc) is 2.69. The number of methoxy groups -OCH3 is 1. The number of rotatable bonds is 4. The van der Waals surface area contributed by atoms with E-state index in [1.54, 1.807) is 43.3 Å². The predicted molar refractivity (Wildman–Crippen MR) is 102 cm³/mol. The summed E-state index contributed by atoms with van der Waals surface area (Å²) in [5.74, 6) is 0.404. The molecule has 3 rings (SSSR count). The summed E-state index contributed by atoms with van der Waals surface area (Å²) < 4.78 is 48.2. The lowest BCUT2D eigenvalue weighted by Gasteiger charge is -2.13. The fourth-order valence-electron chi connectivity index (χ4n) is 2.51. The number of aryl methyl sites for hydroxylation is 1. The van der Waals surface area contributed by atoms with Gasteiger partial charge in [0.2, 0.25) is 5.88 Å². The molecule has 0 fully saturated rings. The van der Waals surface area contributed by atoms with Crippen LogP contribution >= 0.6 is 0 Å². The molecule has 2 aromatic heterocycles. The van der Waals surface area contributed by atoms with Gasteiger partial charge >= 0.3 is 6.18 Å². The second-order valence-corrected chi connectivity index (χ2v) is 5.63. The monoisotopic (exact) mass is 394 g/mol. The Morgan fingerprint density at radius 3 is 2.29 bits per heavy atom. The first-order chi connectivity index (χ1) is 13.3. The second kappa shape index (κ2) is 8.77. The Balaban J connectivity index is 0.00000136. The molecule has 0 aliphatic rings. The van der Waals surface area contributed by atoms with Crippen LogP contribution in [0.4, 0.5) is 13.2 Å². The van der Waals surface area contributed by atoms with Gasteiger partial charge in [0.05, 0.1) is 12.8 Å². The molecule has 2 heterocycles. The molecule has 3 aromatic rings. The third kappa shape index (κ3) is 4.82. The van der Waals surface area contributed by atoms with Crippen molar-refractivity contribution in [2.24, 2.45) is 0 Å². The Kier molecular flexibility index (Phi) is 6.66. The van der Waals surface area contributed by atoms with Crippen molar-refractivity contribution < 1.29 is 22.6 Å². The number of alkyl halides is 3. The minimum Gasteiger partial charge on any atom is -0.497 e. The van der Waals surface area contributed by atoms with Crippen LogP contribution < -0.4 is 15.0 Å². The summed E-state index contributed by atoms with van der Waals surface area (Å²) in [6.07, 6.45) is -4.47. The van der Waals surface area contributed by atoms with Crippen LogP contribution in [-0.2, 0) is 0 Å². The predicted octanol–water partition coefficient (Wildman–Crippen LogP) is 4.67. The molecule has 5 nitrogen and oxygen atoms in total. The molecule has 150 valence electrons. The number of hydrogen-bond acceptors (Lipinski definition) is 4. The van der Waals surface area contributed by atoms with E-state index >= 15 is 0 Å². The smallest absolute Gasteiger partial charge is 0.422 e. The molecule has 28 heavy (non-hydrogen) atoms. The highest BCUT2D eigenvalue weighted by atomic mass is 19.4. The van der Waals surface area contributed by atoms with Gasteiger partial charge < -0.3 is 9.47 Å². The van der Waals surface area contributed by atoms with Gasteiger partial charge in [-0.05, 0) is 43.3 Å². The Morgan fingerprint density at radius 2 is 1.71 bits per heavy atom. The van der Waals surface area contributed by atoms with Gasteiger partial charge in [-0.2, -0.15) is 18.2 Å².